The SMILES string of the molecule is OC1(c2c(F)cnc3[nH]ccc23)CC2CCC(C1)N2. The van der Waals surface area contributed by atoms with E-state index >= 15 is 0 Å². The highest BCUT2D eigenvalue weighted by Gasteiger charge is 2.45. The van der Waals surface area contributed by atoms with Crippen LogP contribution in [0.15, 0.2) is 18.5 Å². The minimum atomic E-state index is -1.08. The van der Waals surface area contributed by atoms with E-state index in [0.717, 1.165) is 12.8 Å². The molecule has 4 heterocycles. The lowest BCUT2D eigenvalue weighted by atomic mass is 9.80. The van der Waals surface area contributed by atoms with Gasteiger partial charge >= 0.3 is 0 Å². The Bertz CT molecular complexity index is 627. The number of aromatic nitrogens is 2. The van der Waals surface area contributed by atoms with Crippen LogP contribution in [0.5, 0.6) is 0 Å². The van der Waals surface area contributed by atoms with Crippen molar-refractivity contribution in [3.8, 4) is 0 Å². The first-order chi connectivity index (χ1) is 9.16. The number of piperidine rings is 1. The number of rotatable bonds is 1. The molecule has 2 bridgehead atoms. The van der Waals surface area contributed by atoms with E-state index < -0.39 is 11.4 Å². The monoisotopic (exact) mass is 261 g/mol. The normalized spacial score (nSPS) is 34.0. The highest BCUT2D eigenvalue weighted by molar-refractivity contribution is 5.80. The van der Waals surface area contributed by atoms with Crippen molar-refractivity contribution in [3.05, 3.63) is 29.8 Å². The molecule has 2 atom stereocenters. The fraction of sp³-hybridized carbons (Fsp3) is 0.500. The van der Waals surface area contributed by atoms with Crippen molar-refractivity contribution in [1.82, 2.24) is 15.3 Å². The first-order valence-corrected chi connectivity index (χ1v) is 6.76. The Hall–Kier alpha value is -1.46. The summed E-state index contributed by atoms with van der Waals surface area (Å²) in [6.45, 7) is 0. The first kappa shape index (κ1) is 11.4. The Morgan fingerprint density at radius 2 is 2.05 bits per heavy atom. The number of pyridine rings is 1. The highest BCUT2D eigenvalue weighted by atomic mass is 19.1. The zero-order valence-corrected chi connectivity index (χ0v) is 10.5. The van der Waals surface area contributed by atoms with Crippen molar-refractivity contribution in [2.45, 2.75) is 43.4 Å². The Labute approximate surface area is 110 Å². The van der Waals surface area contributed by atoms with Gasteiger partial charge in [0.15, 0.2) is 0 Å². The van der Waals surface area contributed by atoms with Crippen LogP contribution >= 0.6 is 0 Å². The summed E-state index contributed by atoms with van der Waals surface area (Å²) in [5, 5.41) is 15.2. The van der Waals surface area contributed by atoms with Crippen LogP contribution in [0.2, 0.25) is 0 Å². The Kier molecular flexibility index (Phi) is 2.26. The van der Waals surface area contributed by atoms with Gasteiger partial charge < -0.3 is 15.4 Å². The van der Waals surface area contributed by atoms with Gasteiger partial charge in [0.05, 0.1) is 11.8 Å². The molecule has 2 fully saturated rings. The maximum Gasteiger partial charge on any atom is 0.148 e. The number of aliphatic hydroxyl groups is 1. The fourth-order valence-corrected chi connectivity index (χ4v) is 3.78. The second-order valence-electron chi connectivity index (χ2n) is 5.80. The summed E-state index contributed by atoms with van der Waals surface area (Å²) in [6, 6.07) is 2.39. The first-order valence-electron chi connectivity index (χ1n) is 6.76. The number of halogens is 1. The molecular weight excluding hydrogens is 245 g/mol. The van der Waals surface area contributed by atoms with Crippen molar-refractivity contribution < 1.29 is 9.50 Å². The molecule has 5 heteroatoms. The molecule has 0 spiro atoms. The Balaban J connectivity index is 1.89. The van der Waals surface area contributed by atoms with E-state index in [1.165, 1.54) is 6.20 Å². The summed E-state index contributed by atoms with van der Waals surface area (Å²) in [4.78, 5) is 7.00. The molecule has 2 aliphatic rings. The molecule has 0 saturated carbocycles. The lowest BCUT2D eigenvalue weighted by Crippen LogP contribution is -2.47. The largest absolute Gasteiger partial charge is 0.385 e. The topological polar surface area (TPSA) is 60.9 Å². The number of nitrogens with zero attached hydrogens (tertiary/aromatic N) is 1. The lowest BCUT2D eigenvalue weighted by Gasteiger charge is -2.37. The van der Waals surface area contributed by atoms with Gasteiger partial charge in [0, 0.05) is 29.2 Å². The highest BCUT2D eigenvalue weighted by Crippen LogP contribution is 2.43. The molecule has 2 aliphatic heterocycles. The molecule has 0 aliphatic carbocycles. The molecule has 0 amide bonds. The van der Waals surface area contributed by atoms with Gasteiger partial charge in [0.1, 0.15) is 11.5 Å². The smallest absolute Gasteiger partial charge is 0.148 e. The van der Waals surface area contributed by atoms with E-state index in [-0.39, 0.29) is 0 Å². The minimum Gasteiger partial charge on any atom is -0.385 e. The molecule has 100 valence electrons. The molecule has 4 rings (SSSR count). The molecule has 0 aromatic carbocycles. The van der Waals surface area contributed by atoms with Gasteiger partial charge in [0.25, 0.3) is 0 Å². The summed E-state index contributed by atoms with van der Waals surface area (Å²) in [6.07, 6.45) is 6.22. The van der Waals surface area contributed by atoms with Crippen molar-refractivity contribution in [1.29, 1.82) is 0 Å². The molecule has 3 N–H and O–H groups in total. The molecular formula is C14H16FN3O. The van der Waals surface area contributed by atoms with E-state index in [1.54, 1.807) is 12.3 Å². The van der Waals surface area contributed by atoms with Crippen LogP contribution in [0.3, 0.4) is 0 Å². The average molecular weight is 261 g/mol. The van der Waals surface area contributed by atoms with E-state index in [0.29, 0.717) is 41.5 Å². The lowest BCUT2D eigenvalue weighted by molar-refractivity contribution is -0.0130. The number of H-pyrrole nitrogens is 1. The zero-order chi connectivity index (χ0) is 13.0. The van der Waals surface area contributed by atoms with E-state index in [1.807, 2.05) is 0 Å². The molecule has 19 heavy (non-hydrogen) atoms. The van der Waals surface area contributed by atoms with Gasteiger partial charge in [-0.05, 0) is 31.7 Å². The van der Waals surface area contributed by atoms with Crippen LogP contribution in [0.1, 0.15) is 31.2 Å². The number of nitrogens with one attached hydrogen (secondary N) is 2. The van der Waals surface area contributed by atoms with Gasteiger partial charge in [-0.15, -0.1) is 0 Å². The molecule has 4 nitrogen and oxygen atoms in total. The summed E-state index contributed by atoms with van der Waals surface area (Å²) < 4.78 is 14.2. The fourth-order valence-electron chi connectivity index (χ4n) is 3.78. The van der Waals surface area contributed by atoms with E-state index in [9.17, 15) is 9.50 Å². The predicted octanol–water partition coefficient (Wildman–Crippen LogP) is 1.80. The van der Waals surface area contributed by atoms with Crippen LogP contribution in [0.25, 0.3) is 11.0 Å². The number of hydrogen-bond donors (Lipinski definition) is 3. The van der Waals surface area contributed by atoms with Crippen LogP contribution in [-0.2, 0) is 5.60 Å². The van der Waals surface area contributed by atoms with Gasteiger partial charge in [-0.1, -0.05) is 0 Å². The molecule has 2 unspecified atom stereocenters. The third-order valence-corrected chi connectivity index (χ3v) is 4.51. The van der Waals surface area contributed by atoms with Crippen molar-refractivity contribution >= 4 is 11.0 Å². The average Bonchev–Trinajstić information content (AvgIpc) is 2.95. The number of aromatic amines is 1. The van der Waals surface area contributed by atoms with Crippen molar-refractivity contribution in [2.75, 3.05) is 0 Å². The van der Waals surface area contributed by atoms with Gasteiger partial charge in [-0.3, -0.25) is 0 Å². The molecule has 2 aromatic heterocycles. The van der Waals surface area contributed by atoms with Crippen LogP contribution in [0.4, 0.5) is 4.39 Å². The standard InChI is InChI=1S/C14H16FN3O/c15-11-7-17-13-10(3-4-16-13)12(11)14(19)5-8-1-2-9(6-14)18-8/h3-4,7-9,18-19H,1-2,5-6H2,(H,16,17). The van der Waals surface area contributed by atoms with Gasteiger partial charge in [-0.2, -0.15) is 0 Å². The quantitative estimate of drug-likeness (QED) is 0.733. The predicted molar refractivity (Wildman–Crippen MR) is 69.1 cm³/mol. The number of hydrogen-bond acceptors (Lipinski definition) is 3. The third kappa shape index (κ3) is 1.61. The molecule has 2 aromatic rings. The second-order valence-corrected chi connectivity index (χ2v) is 5.80. The summed E-state index contributed by atoms with van der Waals surface area (Å²) >= 11 is 0. The zero-order valence-electron chi connectivity index (χ0n) is 10.5. The van der Waals surface area contributed by atoms with Crippen molar-refractivity contribution in [2.24, 2.45) is 0 Å². The van der Waals surface area contributed by atoms with E-state index in [4.69, 9.17) is 0 Å². The summed E-state index contributed by atoms with van der Waals surface area (Å²) in [5.41, 5.74) is -0.0299. The van der Waals surface area contributed by atoms with Crippen molar-refractivity contribution in [3.63, 3.8) is 0 Å². The van der Waals surface area contributed by atoms with Gasteiger partial charge in [-0.25, -0.2) is 9.37 Å². The molecule has 2 saturated heterocycles. The summed E-state index contributed by atoms with van der Waals surface area (Å²) in [5.74, 6) is -0.407. The second kappa shape index (κ2) is 3.77. The Morgan fingerprint density at radius 3 is 2.79 bits per heavy atom. The maximum absolute atomic E-state index is 14.2. The van der Waals surface area contributed by atoms with Crippen LogP contribution in [0, 0.1) is 5.82 Å². The summed E-state index contributed by atoms with van der Waals surface area (Å²) in [7, 11) is 0. The van der Waals surface area contributed by atoms with Gasteiger partial charge in [0.2, 0.25) is 0 Å². The Morgan fingerprint density at radius 1 is 1.32 bits per heavy atom. The molecule has 0 radical (unpaired) electrons. The van der Waals surface area contributed by atoms with E-state index in [2.05, 4.69) is 15.3 Å². The number of fused-ring (bicyclic) bond motifs is 3. The minimum absolute atomic E-state index is 0.297. The van der Waals surface area contributed by atoms with Crippen LogP contribution < -0.4 is 5.32 Å². The van der Waals surface area contributed by atoms with Crippen LogP contribution in [-0.4, -0.2) is 27.2 Å². The third-order valence-electron chi connectivity index (χ3n) is 4.51. The maximum atomic E-state index is 14.2.